The van der Waals surface area contributed by atoms with Crippen LogP contribution in [0.4, 0.5) is 11.4 Å². The summed E-state index contributed by atoms with van der Waals surface area (Å²) < 4.78 is 27.5. The third kappa shape index (κ3) is 4.31. The van der Waals surface area contributed by atoms with Gasteiger partial charge in [-0.1, -0.05) is 17.7 Å². The molecule has 1 saturated heterocycles. The molecule has 0 bridgehead atoms. The molecule has 1 fully saturated rings. The number of carbonyl (C=O) groups excluding carboxylic acids is 1. The molecule has 0 saturated carbocycles. The SMILES string of the molecule is CC(=O)Nc1ccc(S(=O)(=O)N2CCN(c3ccc(C)cc3)C(C)C2)cc1. The predicted octanol–water partition coefficient (Wildman–Crippen LogP) is 2.85. The summed E-state index contributed by atoms with van der Waals surface area (Å²) in [6.45, 7) is 7.03. The molecular formula is C20H25N3O3S. The molecule has 1 aliphatic heterocycles. The van der Waals surface area contributed by atoms with E-state index >= 15 is 0 Å². The standard InChI is InChI=1S/C20H25N3O3S/c1-15-4-8-19(9-5-15)23-13-12-22(14-16(23)2)27(25,26)20-10-6-18(7-11-20)21-17(3)24/h4-11,16H,12-14H2,1-3H3,(H,21,24). The molecule has 0 radical (unpaired) electrons. The quantitative estimate of drug-likeness (QED) is 0.876. The maximum atomic E-state index is 13.0. The minimum atomic E-state index is -3.56. The fraction of sp³-hybridized carbons (Fsp3) is 0.350. The van der Waals surface area contributed by atoms with Crippen LogP contribution in [0.2, 0.25) is 0 Å². The highest BCUT2D eigenvalue weighted by Gasteiger charge is 2.32. The van der Waals surface area contributed by atoms with Crippen molar-refractivity contribution in [2.24, 2.45) is 0 Å². The summed E-state index contributed by atoms with van der Waals surface area (Å²) in [4.78, 5) is 13.6. The molecule has 27 heavy (non-hydrogen) atoms. The van der Waals surface area contributed by atoms with Gasteiger partial charge in [0, 0.05) is 44.0 Å². The van der Waals surface area contributed by atoms with Crippen molar-refractivity contribution < 1.29 is 13.2 Å². The van der Waals surface area contributed by atoms with Gasteiger partial charge in [-0.25, -0.2) is 8.42 Å². The monoisotopic (exact) mass is 387 g/mol. The zero-order valence-electron chi connectivity index (χ0n) is 15.8. The molecule has 7 heteroatoms. The van der Waals surface area contributed by atoms with Crippen LogP contribution in [0.5, 0.6) is 0 Å². The number of aryl methyl sites for hydroxylation is 1. The van der Waals surface area contributed by atoms with Gasteiger partial charge in [0.1, 0.15) is 0 Å². The first-order valence-corrected chi connectivity index (χ1v) is 10.4. The first kappa shape index (κ1) is 19.4. The Labute approximate surface area is 160 Å². The van der Waals surface area contributed by atoms with E-state index in [1.165, 1.54) is 28.9 Å². The van der Waals surface area contributed by atoms with Gasteiger partial charge >= 0.3 is 0 Å². The van der Waals surface area contributed by atoms with E-state index in [9.17, 15) is 13.2 Å². The topological polar surface area (TPSA) is 69.7 Å². The van der Waals surface area contributed by atoms with Gasteiger partial charge in [0.2, 0.25) is 15.9 Å². The van der Waals surface area contributed by atoms with Gasteiger partial charge < -0.3 is 10.2 Å². The van der Waals surface area contributed by atoms with Crippen LogP contribution in [0.25, 0.3) is 0 Å². The number of sulfonamides is 1. The summed E-state index contributed by atoms with van der Waals surface area (Å²) in [6.07, 6.45) is 0. The molecule has 0 spiro atoms. The largest absolute Gasteiger partial charge is 0.366 e. The number of carbonyl (C=O) groups is 1. The average Bonchev–Trinajstić information content (AvgIpc) is 2.62. The lowest BCUT2D eigenvalue weighted by Crippen LogP contribution is -2.53. The van der Waals surface area contributed by atoms with Gasteiger partial charge in [0.05, 0.1) is 4.90 Å². The van der Waals surface area contributed by atoms with E-state index in [1.54, 1.807) is 12.1 Å². The average molecular weight is 388 g/mol. The first-order valence-electron chi connectivity index (χ1n) is 8.98. The Hall–Kier alpha value is -2.38. The van der Waals surface area contributed by atoms with Crippen molar-refractivity contribution in [1.29, 1.82) is 0 Å². The minimum absolute atomic E-state index is 0.0786. The van der Waals surface area contributed by atoms with Gasteiger partial charge in [-0.3, -0.25) is 4.79 Å². The Bertz CT molecular complexity index is 908. The number of hydrogen-bond acceptors (Lipinski definition) is 4. The maximum Gasteiger partial charge on any atom is 0.243 e. The normalized spacial score (nSPS) is 18.3. The zero-order chi connectivity index (χ0) is 19.6. The van der Waals surface area contributed by atoms with Gasteiger partial charge in [0.25, 0.3) is 0 Å². The highest BCUT2D eigenvalue weighted by Crippen LogP contribution is 2.25. The summed E-state index contributed by atoms with van der Waals surface area (Å²) in [5.74, 6) is -0.188. The fourth-order valence-corrected chi connectivity index (χ4v) is 4.84. The number of hydrogen-bond donors (Lipinski definition) is 1. The minimum Gasteiger partial charge on any atom is -0.366 e. The summed E-state index contributed by atoms with van der Waals surface area (Å²) in [7, 11) is -3.56. The van der Waals surface area contributed by atoms with Gasteiger partial charge in [-0.2, -0.15) is 4.31 Å². The number of nitrogens with one attached hydrogen (secondary N) is 1. The number of piperazine rings is 1. The van der Waals surface area contributed by atoms with Crippen LogP contribution in [0.1, 0.15) is 19.4 Å². The number of nitrogens with zero attached hydrogens (tertiary/aromatic N) is 2. The smallest absolute Gasteiger partial charge is 0.243 e. The van der Waals surface area contributed by atoms with Gasteiger partial charge in [0.15, 0.2) is 0 Å². The van der Waals surface area contributed by atoms with Crippen molar-refractivity contribution in [3.63, 3.8) is 0 Å². The third-order valence-corrected chi connectivity index (χ3v) is 6.65. The van der Waals surface area contributed by atoms with Crippen molar-refractivity contribution in [2.45, 2.75) is 31.7 Å². The van der Waals surface area contributed by atoms with Crippen LogP contribution in [0.15, 0.2) is 53.4 Å². The van der Waals surface area contributed by atoms with E-state index in [0.717, 1.165) is 5.69 Å². The lowest BCUT2D eigenvalue weighted by Gasteiger charge is -2.40. The molecule has 1 amide bonds. The number of benzene rings is 2. The van der Waals surface area contributed by atoms with Gasteiger partial charge in [-0.15, -0.1) is 0 Å². The maximum absolute atomic E-state index is 13.0. The molecule has 0 aliphatic carbocycles. The second kappa shape index (κ2) is 7.70. The Morgan fingerprint density at radius 2 is 1.67 bits per heavy atom. The van der Waals surface area contributed by atoms with Crippen LogP contribution in [-0.4, -0.2) is 44.3 Å². The van der Waals surface area contributed by atoms with E-state index in [4.69, 9.17) is 0 Å². The molecule has 1 unspecified atom stereocenters. The van der Waals surface area contributed by atoms with Crippen molar-refractivity contribution in [2.75, 3.05) is 29.9 Å². The van der Waals surface area contributed by atoms with Crippen molar-refractivity contribution >= 4 is 27.3 Å². The van der Waals surface area contributed by atoms with E-state index in [2.05, 4.69) is 41.4 Å². The zero-order valence-corrected chi connectivity index (χ0v) is 16.7. The Morgan fingerprint density at radius 3 is 2.22 bits per heavy atom. The molecule has 144 valence electrons. The molecule has 3 rings (SSSR count). The molecule has 1 atom stereocenters. The molecule has 2 aromatic carbocycles. The van der Waals surface area contributed by atoms with Crippen LogP contribution >= 0.6 is 0 Å². The molecule has 1 heterocycles. The molecule has 1 N–H and O–H groups in total. The summed E-state index contributed by atoms with van der Waals surface area (Å²) in [6, 6.07) is 14.7. The molecule has 6 nitrogen and oxygen atoms in total. The van der Waals surface area contributed by atoms with Crippen LogP contribution in [0.3, 0.4) is 0 Å². The number of rotatable bonds is 4. The summed E-state index contributed by atoms with van der Waals surface area (Å²) >= 11 is 0. The van der Waals surface area contributed by atoms with Crippen molar-refractivity contribution in [3.8, 4) is 0 Å². The molecule has 0 aromatic heterocycles. The number of amides is 1. The highest BCUT2D eigenvalue weighted by atomic mass is 32.2. The second-order valence-corrected chi connectivity index (χ2v) is 8.88. The molecule has 1 aliphatic rings. The first-order chi connectivity index (χ1) is 12.8. The van der Waals surface area contributed by atoms with Crippen molar-refractivity contribution in [3.05, 3.63) is 54.1 Å². The lowest BCUT2D eigenvalue weighted by molar-refractivity contribution is -0.114. The summed E-state index contributed by atoms with van der Waals surface area (Å²) in [5.41, 5.74) is 2.90. The third-order valence-electron chi connectivity index (χ3n) is 4.77. The second-order valence-electron chi connectivity index (χ2n) is 6.95. The molecule has 2 aromatic rings. The Kier molecular flexibility index (Phi) is 5.53. The van der Waals surface area contributed by atoms with Crippen LogP contribution in [0, 0.1) is 6.92 Å². The fourth-order valence-electron chi connectivity index (χ4n) is 3.32. The Balaban J connectivity index is 1.73. The van der Waals surface area contributed by atoms with Crippen molar-refractivity contribution in [1.82, 2.24) is 4.31 Å². The highest BCUT2D eigenvalue weighted by molar-refractivity contribution is 7.89. The van der Waals surface area contributed by atoms with E-state index in [0.29, 0.717) is 25.3 Å². The van der Waals surface area contributed by atoms with E-state index in [1.807, 2.05) is 6.92 Å². The van der Waals surface area contributed by atoms with E-state index < -0.39 is 10.0 Å². The van der Waals surface area contributed by atoms with E-state index in [-0.39, 0.29) is 16.8 Å². The van der Waals surface area contributed by atoms with Crippen LogP contribution in [-0.2, 0) is 14.8 Å². The van der Waals surface area contributed by atoms with Crippen LogP contribution < -0.4 is 10.2 Å². The lowest BCUT2D eigenvalue weighted by atomic mass is 10.1. The predicted molar refractivity (Wildman–Crippen MR) is 107 cm³/mol. The molecular weight excluding hydrogens is 362 g/mol. The Morgan fingerprint density at radius 1 is 1.04 bits per heavy atom. The van der Waals surface area contributed by atoms with Gasteiger partial charge in [-0.05, 0) is 50.2 Å². The number of anilines is 2. The summed E-state index contributed by atoms with van der Waals surface area (Å²) in [5, 5.41) is 2.64.